The molecule has 152 valence electrons. The van der Waals surface area contributed by atoms with E-state index in [4.69, 9.17) is 0 Å². The van der Waals surface area contributed by atoms with Crippen molar-refractivity contribution >= 4 is 21.9 Å². The van der Waals surface area contributed by atoms with Gasteiger partial charge in [0.05, 0.1) is 16.4 Å². The number of nitrogens with one attached hydrogen (secondary N) is 1. The van der Waals surface area contributed by atoms with E-state index in [1.807, 2.05) is 20.8 Å². The molecule has 1 aromatic carbocycles. The molecule has 27 heavy (non-hydrogen) atoms. The van der Waals surface area contributed by atoms with Gasteiger partial charge in [0, 0.05) is 20.1 Å². The third-order valence-corrected chi connectivity index (χ3v) is 5.71. The van der Waals surface area contributed by atoms with E-state index < -0.39 is 21.9 Å². The quantitative estimate of drug-likeness (QED) is 0.596. The summed E-state index contributed by atoms with van der Waals surface area (Å²) in [5.74, 6) is -2.12. The van der Waals surface area contributed by atoms with Gasteiger partial charge in [-0.05, 0) is 30.9 Å². The third-order valence-electron chi connectivity index (χ3n) is 4.23. The first-order chi connectivity index (χ1) is 12.6. The fourth-order valence-corrected chi connectivity index (χ4v) is 3.99. The Morgan fingerprint density at radius 3 is 2.41 bits per heavy atom. The highest BCUT2D eigenvalue weighted by atomic mass is 32.2. The zero-order chi connectivity index (χ0) is 20.6. The van der Waals surface area contributed by atoms with Crippen molar-refractivity contribution in [2.75, 3.05) is 20.1 Å². The van der Waals surface area contributed by atoms with Crippen LogP contribution < -0.4 is 4.72 Å². The number of carboxylic acids is 1. The summed E-state index contributed by atoms with van der Waals surface area (Å²) in [5, 5.41) is 9.29. The monoisotopic (exact) mass is 398 g/mol. The van der Waals surface area contributed by atoms with Gasteiger partial charge in [-0.2, -0.15) is 0 Å². The molecular formula is C19H30N2O5S. The lowest BCUT2D eigenvalue weighted by atomic mass is 9.98. The average molecular weight is 399 g/mol. The average Bonchev–Trinajstić information content (AvgIpc) is 2.62. The summed E-state index contributed by atoms with van der Waals surface area (Å²) in [4.78, 5) is 25.4. The second-order valence-corrected chi connectivity index (χ2v) is 8.83. The van der Waals surface area contributed by atoms with Crippen LogP contribution in [0, 0.1) is 11.8 Å². The normalized spacial score (nSPS) is 12.8. The minimum atomic E-state index is -4.02. The number of benzene rings is 1. The van der Waals surface area contributed by atoms with Crippen LogP contribution in [-0.2, 0) is 14.8 Å². The molecule has 0 fully saturated rings. The van der Waals surface area contributed by atoms with Gasteiger partial charge < -0.3 is 10.0 Å². The van der Waals surface area contributed by atoms with Crippen molar-refractivity contribution in [3.8, 4) is 0 Å². The van der Waals surface area contributed by atoms with Crippen LogP contribution >= 0.6 is 0 Å². The molecule has 0 saturated heterocycles. The first-order valence-electron chi connectivity index (χ1n) is 9.17. The van der Waals surface area contributed by atoms with E-state index in [9.17, 15) is 23.1 Å². The zero-order valence-corrected chi connectivity index (χ0v) is 17.3. The number of hydrogen-bond acceptors (Lipinski definition) is 4. The molecule has 7 nitrogen and oxygen atoms in total. The number of rotatable bonds is 11. The summed E-state index contributed by atoms with van der Waals surface area (Å²) in [5.41, 5.74) is 0.0827. The molecule has 0 aliphatic heterocycles. The van der Waals surface area contributed by atoms with Crippen molar-refractivity contribution in [1.82, 2.24) is 9.62 Å². The number of nitrogens with zero attached hydrogens (tertiary/aromatic N) is 1. The number of hydrogen-bond donors (Lipinski definition) is 2. The smallest absolute Gasteiger partial charge is 0.307 e. The van der Waals surface area contributed by atoms with Gasteiger partial charge in [-0.25, -0.2) is 13.1 Å². The van der Waals surface area contributed by atoms with Gasteiger partial charge in [0.1, 0.15) is 0 Å². The molecule has 8 heteroatoms. The lowest BCUT2D eigenvalue weighted by Crippen LogP contribution is -2.35. The van der Waals surface area contributed by atoms with Crippen LogP contribution in [0.3, 0.4) is 0 Å². The molecule has 1 unspecified atom stereocenters. The Morgan fingerprint density at radius 2 is 1.85 bits per heavy atom. The molecular weight excluding hydrogens is 368 g/mol. The summed E-state index contributed by atoms with van der Waals surface area (Å²) in [6, 6.07) is 5.99. The van der Waals surface area contributed by atoms with E-state index in [1.165, 1.54) is 17.0 Å². The topological polar surface area (TPSA) is 104 Å². The van der Waals surface area contributed by atoms with E-state index in [0.29, 0.717) is 13.0 Å². The van der Waals surface area contributed by atoms with Gasteiger partial charge >= 0.3 is 5.97 Å². The molecule has 1 amide bonds. The number of carbonyl (C=O) groups excluding carboxylic acids is 1. The van der Waals surface area contributed by atoms with E-state index in [1.54, 1.807) is 19.2 Å². The molecule has 2 N–H and O–H groups in total. The van der Waals surface area contributed by atoms with Crippen LogP contribution in [0.2, 0.25) is 0 Å². The van der Waals surface area contributed by atoms with Gasteiger partial charge in [0.2, 0.25) is 10.0 Å². The highest BCUT2D eigenvalue weighted by Crippen LogP contribution is 2.19. The van der Waals surface area contributed by atoms with Crippen LogP contribution in [0.1, 0.15) is 50.4 Å². The summed E-state index contributed by atoms with van der Waals surface area (Å²) in [7, 11) is -2.38. The van der Waals surface area contributed by atoms with Crippen molar-refractivity contribution in [3.63, 3.8) is 0 Å². The zero-order valence-electron chi connectivity index (χ0n) is 16.4. The largest absolute Gasteiger partial charge is 0.481 e. The molecule has 0 aliphatic carbocycles. The molecule has 0 saturated carbocycles. The number of carboxylic acid groups (broad SMARTS) is 1. The first kappa shape index (κ1) is 23.1. The molecule has 0 heterocycles. The van der Waals surface area contributed by atoms with Crippen molar-refractivity contribution in [2.45, 2.75) is 44.9 Å². The summed E-state index contributed by atoms with van der Waals surface area (Å²) in [6.07, 6.45) is 2.11. The van der Waals surface area contributed by atoms with Crippen LogP contribution in [0.4, 0.5) is 0 Å². The minimum Gasteiger partial charge on any atom is -0.481 e. The maximum atomic E-state index is 12.7. The molecule has 1 aromatic rings. The van der Waals surface area contributed by atoms with Gasteiger partial charge in [0.15, 0.2) is 0 Å². The Hall–Kier alpha value is -1.93. The minimum absolute atomic E-state index is 0.0827. The highest BCUT2D eigenvalue weighted by molar-refractivity contribution is 7.89. The maximum Gasteiger partial charge on any atom is 0.307 e. The van der Waals surface area contributed by atoms with Gasteiger partial charge in [-0.15, -0.1) is 0 Å². The second-order valence-electron chi connectivity index (χ2n) is 7.09. The Balaban J connectivity index is 3.03. The molecule has 0 aliphatic rings. The van der Waals surface area contributed by atoms with Gasteiger partial charge in [-0.3, -0.25) is 9.59 Å². The van der Waals surface area contributed by atoms with E-state index in [2.05, 4.69) is 4.72 Å². The summed E-state index contributed by atoms with van der Waals surface area (Å²) >= 11 is 0. The van der Waals surface area contributed by atoms with Crippen molar-refractivity contribution < 1.29 is 23.1 Å². The molecule has 0 radical (unpaired) electrons. The van der Waals surface area contributed by atoms with Crippen LogP contribution in [-0.4, -0.2) is 50.4 Å². The fraction of sp³-hybridized carbons (Fsp3) is 0.579. The first-order valence-corrected chi connectivity index (χ1v) is 10.6. The van der Waals surface area contributed by atoms with E-state index in [-0.39, 0.29) is 28.8 Å². The standard InChI is InChI=1S/C19H30N2O5S/c1-5-6-11-21(4)18(22)16-9-7-8-10-17(16)27(25,26)20-13-15(19(23)24)12-14(2)3/h7-10,14-15,20H,5-6,11-13H2,1-4H3,(H,23,24). The Kier molecular flexibility index (Phi) is 8.92. The van der Waals surface area contributed by atoms with Crippen LogP contribution in [0.25, 0.3) is 0 Å². The predicted molar refractivity (Wildman–Crippen MR) is 104 cm³/mol. The van der Waals surface area contributed by atoms with Crippen molar-refractivity contribution in [1.29, 1.82) is 0 Å². The lowest BCUT2D eigenvalue weighted by Gasteiger charge is -2.20. The predicted octanol–water partition coefficient (Wildman–Crippen LogP) is 2.58. The van der Waals surface area contributed by atoms with Gasteiger partial charge in [0.25, 0.3) is 5.91 Å². The van der Waals surface area contributed by atoms with Crippen LogP contribution in [0.15, 0.2) is 29.2 Å². The number of amides is 1. The molecule has 0 spiro atoms. The Bertz CT molecular complexity index is 746. The number of aliphatic carboxylic acids is 1. The highest BCUT2D eigenvalue weighted by Gasteiger charge is 2.26. The fourth-order valence-electron chi connectivity index (χ4n) is 2.71. The lowest BCUT2D eigenvalue weighted by molar-refractivity contribution is -0.142. The Morgan fingerprint density at radius 1 is 1.22 bits per heavy atom. The Labute approximate surface area is 161 Å². The summed E-state index contributed by atoms with van der Waals surface area (Å²) in [6.45, 7) is 6.09. The SMILES string of the molecule is CCCCN(C)C(=O)c1ccccc1S(=O)(=O)NCC(CC(C)C)C(=O)O. The molecule has 1 atom stereocenters. The molecule has 1 rings (SSSR count). The number of carbonyl (C=O) groups is 2. The van der Waals surface area contributed by atoms with Gasteiger partial charge in [-0.1, -0.05) is 39.3 Å². The third kappa shape index (κ3) is 6.95. The van der Waals surface area contributed by atoms with E-state index >= 15 is 0 Å². The molecule has 0 bridgehead atoms. The van der Waals surface area contributed by atoms with Crippen molar-refractivity contribution in [2.24, 2.45) is 11.8 Å². The number of unbranched alkanes of at least 4 members (excludes halogenated alkanes) is 1. The second kappa shape index (κ2) is 10.4. The van der Waals surface area contributed by atoms with Crippen molar-refractivity contribution in [3.05, 3.63) is 29.8 Å². The number of sulfonamides is 1. The summed E-state index contributed by atoms with van der Waals surface area (Å²) < 4.78 is 27.8. The maximum absolute atomic E-state index is 12.7. The molecule has 0 aromatic heterocycles. The van der Waals surface area contributed by atoms with E-state index in [0.717, 1.165) is 12.8 Å². The van der Waals surface area contributed by atoms with Crippen LogP contribution in [0.5, 0.6) is 0 Å².